The largest absolute Gasteiger partial charge is 0.437 e. The number of halogens is 2. The second-order valence-corrected chi connectivity index (χ2v) is 4.74. The van der Waals surface area contributed by atoms with Crippen LogP contribution in [-0.2, 0) is 0 Å². The number of pyridine rings is 1. The number of nitrogens with one attached hydrogen (secondary N) is 1. The molecule has 1 aromatic carbocycles. The topological polar surface area (TPSA) is 72.0 Å². The van der Waals surface area contributed by atoms with Crippen LogP contribution in [0.1, 0.15) is 11.1 Å². The minimum absolute atomic E-state index is 0.112. The second kappa shape index (κ2) is 5.47. The van der Waals surface area contributed by atoms with E-state index in [1.54, 1.807) is 30.5 Å². The quantitative estimate of drug-likeness (QED) is 0.669. The van der Waals surface area contributed by atoms with Gasteiger partial charge in [-0.1, -0.05) is 23.2 Å². The van der Waals surface area contributed by atoms with Crippen LogP contribution in [0.5, 0.6) is 11.6 Å². The Labute approximate surface area is 120 Å². The van der Waals surface area contributed by atoms with Crippen molar-refractivity contribution in [3.8, 4) is 11.6 Å². The van der Waals surface area contributed by atoms with Crippen molar-refractivity contribution in [1.29, 1.82) is 5.41 Å². The Morgan fingerprint density at radius 1 is 1.32 bits per heavy atom. The van der Waals surface area contributed by atoms with Crippen LogP contribution in [0.25, 0.3) is 0 Å². The minimum atomic E-state index is -0.112. The number of rotatable bonds is 3. The molecule has 1 heterocycles. The number of amidine groups is 1. The van der Waals surface area contributed by atoms with Crippen LogP contribution in [0, 0.1) is 12.3 Å². The van der Waals surface area contributed by atoms with Gasteiger partial charge < -0.3 is 10.5 Å². The van der Waals surface area contributed by atoms with Crippen molar-refractivity contribution < 1.29 is 4.74 Å². The number of nitrogens with zero attached hydrogens (tertiary/aromatic N) is 1. The van der Waals surface area contributed by atoms with Crippen LogP contribution >= 0.6 is 23.2 Å². The summed E-state index contributed by atoms with van der Waals surface area (Å²) in [5.41, 5.74) is 6.79. The van der Waals surface area contributed by atoms with Gasteiger partial charge in [0.05, 0.1) is 10.6 Å². The van der Waals surface area contributed by atoms with Crippen molar-refractivity contribution in [2.75, 3.05) is 0 Å². The third-order valence-corrected chi connectivity index (χ3v) is 3.04. The maximum absolute atomic E-state index is 7.58. The average molecular weight is 296 g/mol. The SMILES string of the molecule is Cc1ccnc(Oc2cc(Cl)ccc2Cl)c1C(=N)N. The molecule has 2 aromatic rings. The summed E-state index contributed by atoms with van der Waals surface area (Å²) >= 11 is 11.9. The first kappa shape index (κ1) is 13.6. The molecule has 0 aliphatic heterocycles. The Balaban J connectivity index is 2.46. The Kier molecular flexibility index (Phi) is 3.93. The summed E-state index contributed by atoms with van der Waals surface area (Å²) in [7, 11) is 0. The van der Waals surface area contributed by atoms with Gasteiger partial charge in [0.15, 0.2) is 0 Å². The van der Waals surface area contributed by atoms with E-state index in [2.05, 4.69) is 4.98 Å². The van der Waals surface area contributed by atoms with Crippen LogP contribution < -0.4 is 10.5 Å². The molecule has 0 bridgehead atoms. The zero-order chi connectivity index (χ0) is 14.0. The number of nitrogen functional groups attached to an aromatic ring is 1. The first-order valence-corrected chi connectivity index (χ1v) is 6.17. The number of hydrogen-bond acceptors (Lipinski definition) is 3. The summed E-state index contributed by atoms with van der Waals surface area (Å²) in [6.45, 7) is 1.82. The molecule has 6 heteroatoms. The van der Waals surface area contributed by atoms with Gasteiger partial charge in [0.2, 0.25) is 5.88 Å². The highest BCUT2D eigenvalue weighted by molar-refractivity contribution is 6.34. The third kappa shape index (κ3) is 2.97. The molecule has 0 saturated heterocycles. The second-order valence-electron chi connectivity index (χ2n) is 3.90. The molecule has 98 valence electrons. The predicted octanol–water partition coefficient (Wildman–Crippen LogP) is 3.77. The van der Waals surface area contributed by atoms with Gasteiger partial charge in [-0.3, -0.25) is 5.41 Å². The molecule has 0 aliphatic carbocycles. The molecular formula is C13H11Cl2N3O. The fourth-order valence-corrected chi connectivity index (χ4v) is 1.92. The van der Waals surface area contributed by atoms with Gasteiger partial charge in [-0.05, 0) is 30.7 Å². The first-order chi connectivity index (χ1) is 8.99. The maximum Gasteiger partial charge on any atom is 0.230 e. The lowest BCUT2D eigenvalue weighted by molar-refractivity contribution is 0.461. The van der Waals surface area contributed by atoms with E-state index < -0.39 is 0 Å². The van der Waals surface area contributed by atoms with E-state index in [-0.39, 0.29) is 11.7 Å². The Morgan fingerprint density at radius 3 is 2.74 bits per heavy atom. The molecule has 2 rings (SSSR count). The molecule has 0 unspecified atom stereocenters. The fraction of sp³-hybridized carbons (Fsp3) is 0.0769. The third-order valence-electron chi connectivity index (χ3n) is 2.49. The van der Waals surface area contributed by atoms with Crippen molar-refractivity contribution in [3.05, 3.63) is 51.6 Å². The average Bonchev–Trinajstić information content (AvgIpc) is 2.33. The van der Waals surface area contributed by atoms with Crippen LogP contribution in [0.15, 0.2) is 30.5 Å². The molecule has 0 aliphatic rings. The number of nitrogens with two attached hydrogens (primary N) is 1. The van der Waals surface area contributed by atoms with Crippen molar-refractivity contribution in [2.24, 2.45) is 5.73 Å². The predicted molar refractivity (Wildman–Crippen MR) is 76.5 cm³/mol. The molecule has 0 saturated carbocycles. The van der Waals surface area contributed by atoms with Crippen LogP contribution in [0.3, 0.4) is 0 Å². The molecule has 0 radical (unpaired) electrons. The van der Waals surface area contributed by atoms with Crippen LogP contribution in [0.2, 0.25) is 10.0 Å². The molecule has 0 fully saturated rings. The molecule has 3 N–H and O–H groups in total. The number of hydrogen-bond donors (Lipinski definition) is 2. The lowest BCUT2D eigenvalue weighted by Gasteiger charge is -2.12. The van der Waals surface area contributed by atoms with E-state index in [4.69, 9.17) is 39.1 Å². The summed E-state index contributed by atoms with van der Waals surface area (Å²) in [5.74, 6) is 0.491. The van der Waals surface area contributed by atoms with Gasteiger partial charge in [-0.2, -0.15) is 0 Å². The van der Waals surface area contributed by atoms with E-state index in [0.717, 1.165) is 5.56 Å². The minimum Gasteiger partial charge on any atom is -0.437 e. The summed E-state index contributed by atoms with van der Waals surface area (Å²) < 4.78 is 5.61. The normalized spacial score (nSPS) is 10.3. The monoisotopic (exact) mass is 295 g/mol. The summed E-state index contributed by atoms with van der Waals surface area (Å²) in [6, 6.07) is 6.62. The smallest absolute Gasteiger partial charge is 0.230 e. The van der Waals surface area contributed by atoms with E-state index >= 15 is 0 Å². The molecule has 0 amide bonds. The van der Waals surface area contributed by atoms with Crippen LogP contribution in [0.4, 0.5) is 0 Å². The molecule has 1 aromatic heterocycles. The summed E-state index contributed by atoms with van der Waals surface area (Å²) in [6.07, 6.45) is 1.58. The van der Waals surface area contributed by atoms with Gasteiger partial charge in [-0.15, -0.1) is 0 Å². The molecule has 4 nitrogen and oxygen atoms in total. The van der Waals surface area contributed by atoms with E-state index in [1.807, 2.05) is 6.92 Å². The van der Waals surface area contributed by atoms with E-state index in [9.17, 15) is 0 Å². The number of ether oxygens (including phenoxy) is 1. The number of aryl methyl sites for hydroxylation is 1. The fourth-order valence-electron chi connectivity index (χ4n) is 1.60. The molecule has 0 spiro atoms. The maximum atomic E-state index is 7.58. The van der Waals surface area contributed by atoms with E-state index in [1.165, 1.54) is 0 Å². The Bertz CT molecular complexity index is 644. The first-order valence-electron chi connectivity index (χ1n) is 5.42. The lowest BCUT2D eigenvalue weighted by atomic mass is 10.1. The highest BCUT2D eigenvalue weighted by Gasteiger charge is 2.14. The highest BCUT2D eigenvalue weighted by Crippen LogP contribution is 2.32. The highest BCUT2D eigenvalue weighted by atomic mass is 35.5. The summed E-state index contributed by atoms with van der Waals surface area (Å²) in [5, 5.41) is 8.48. The van der Waals surface area contributed by atoms with Gasteiger partial charge in [0.1, 0.15) is 11.6 Å². The van der Waals surface area contributed by atoms with Gasteiger partial charge in [0, 0.05) is 17.3 Å². The molecule has 0 atom stereocenters. The lowest BCUT2D eigenvalue weighted by Crippen LogP contribution is -2.14. The number of aromatic nitrogens is 1. The molecule has 19 heavy (non-hydrogen) atoms. The van der Waals surface area contributed by atoms with Crippen molar-refractivity contribution in [3.63, 3.8) is 0 Å². The van der Waals surface area contributed by atoms with Crippen molar-refractivity contribution >= 4 is 29.0 Å². The standard InChI is InChI=1S/C13H11Cl2N3O/c1-7-4-5-18-13(11(7)12(16)17)19-10-6-8(14)2-3-9(10)15/h2-6H,1H3,(H3,16,17). The zero-order valence-electron chi connectivity index (χ0n) is 10.1. The van der Waals surface area contributed by atoms with Gasteiger partial charge in [0.25, 0.3) is 0 Å². The van der Waals surface area contributed by atoms with Crippen molar-refractivity contribution in [2.45, 2.75) is 6.92 Å². The zero-order valence-corrected chi connectivity index (χ0v) is 11.6. The Morgan fingerprint density at radius 2 is 2.05 bits per heavy atom. The van der Waals surface area contributed by atoms with Gasteiger partial charge >= 0.3 is 0 Å². The van der Waals surface area contributed by atoms with Gasteiger partial charge in [-0.25, -0.2) is 4.98 Å². The van der Waals surface area contributed by atoms with Crippen LogP contribution in [-0.4, -0.2) is 10.8 Å². The summed E-state index contributed by atoms with van der Waals surface area (Å²) in [4.78, 5) is 4.08. The number of benzene rings is 1. The Hall–Kier alpha value is -1.78. The molecular weight excluding hydrogens is 285 g/mol. The van der Waals surface area contributed by atoms with E-state index in [0.29, 0.717) is 21.4 Å². The van der Waals surface area contributed by atoms with Crippen molar-refractivity contribution in [1.82, 2.24) is 4.98 Å².